The van der Waals surface area contributed by atoms with Gasteiger partial charge in [0.05, 0.1) is 6.07 Å². The van der Waals surface area contributed by atoms with Crippen molar-refractivity contribution in [2.24, 2.45) is 0 Å². The fourth-order valence-corrected chi connectivity index (χ4v) is 2.48. The lowest BCUT2D eigenvalue weighted by Gasteiger charge is -2.21. The van der Waals surface area contributed by atoms with Gasteiger partial charge in [-0.15, -0.1) is 0 Å². The van der Waals surface area contributed by atoms with Crippen molar-refractivity contribution in [3.63, 3.8) is 0 Å². The number of hydrogen-bond acceptors (Lipinski definition) is 5. The van der Waals surface area contributed by atoms with E-state index in [1.54, 1.807) is 0 Å². The van der Waals surface area contributed by atoms with Gasteiger partial charge in [0.25, 0.3) is 0 Å². The second-order valence-corrected chi connectivity index (χ2v) is 5.14. The van der Waals surface area contributed by atoms with Crippen LogP contribution in [0.2, 0.25) is 0 Å². The quantitative estimate of drug-likeness (QED) is 0.640. The van der Waals surface area contributed by atoms with Crippen molar-refractivity contribution in [2.45, 2.75) is 38.4 Å². The molecule has 1 aromatic heterocycles. The highest BCUT2D eigenvalue weighted by molar-refractivity contribution is 7.99. The predicted octanol–water partition coefficient (Wildman–Crippen LogP) is 2.08. The van der Waals surface area contributed by atoms with Crippen LogP contribution >= 0.6 is 11.8 Å². The molecule has 1 unspecified atom stereocenters. The van der Waals surface area contributed by atoms with Crippen molar-refractivity contribution in [1.82, 2.24) is 15.3 Å². The molecule has 0 spiro atoms. The molecule has 0 saturated carbocycles. The first-order valence-electron chi connectivity index (χ1n) is 5.60. The second-order valence-electron chi connectivity index (χ2n) is 4.20. The molecule has 0 amide bonds. The smallest absolute Gasteiger partial charge is 0.188 e. The molecule has 0 saturated heterocycles. The molecule has 0 aliphatic heterocycles. The van der Waals surface area contributed by atoms with Gasteiger partial charge in [-0.05, 0) is 33.4 Å². The summed E-state index contributed by atoms with van der Waals surface area (Å²) in [7, 11) is 0. The molecule has 17 heavy (non-hydrogen) atoms. The van der Waals surface area contributed by atoms with Crippen LogP contribution in [0, 0.1) is 25.2 Å². The average Bonchev–Trinajstić information content (AvgIpc) is 2.26. The Labute approximate surface area is 107 Å². The Morgan fingerprint density at radius 1 is 1.41 bits per heavy atom. The Morgan fingerprint density at radius 2 is 2.00 bits per heavy atom. The van der Waals surface area contributed by atoms with Crippen molar-refractivity contribution in [3.05, 3.63) is 17.5 Å². The molecule has 1 heterocycles. The van der Waals surface area contributed by atoms with Crippen molar-refractivity contribution < 1.29 is 0 Å². The fraction of sp³-hybridized carbons (Fsp3) is 0.583. The van der Waals surface area contributed by atoms with Gasteiger partial charge in [-0.2, -0.15) is 5.26 Å². The van der Waals surface area contributed by atoms with E-state index in [-0.39, 0.29) is 0 Å². The minimum Gasteiger partial charge on any atom is -0.299 e. The number of hydrogen-bond donors (Lipinski definition) is 1. The summed E-state index contributed by atoms with van der Waals surface area (Å²) >= 11 is 1.51. The van der Waals surface area contributed by atoms with Crippen LogP contribution in [-0.2, 0) is 0 Å². The van der Waals surface area contributed by atoms with E-state index in [1.807, 2.05) is 33.8 Å². The van der Waals surface area contributed by atoms with Crippen LogP contribution in [-0.4, -0.2) is 27.8 Å². The van der Waals surface area contributed by atoms with Crippen molar-refractivity contribution in [3.8, 4) is 6.07 Å². The van der Waals surface area contributed by atoms with Gasteiger partial charge < -0.3 is 0 Å². The van der Waals surface area contributed by atoms with E-state index in [0.717, 1.165) is 23.1 Å². The van der Waals surface area contributed by atoms with Gasteiger partial charge in [-0.1, -0.05) is 18.7 Å². The van der Waals surface area contributed by atoms with Crippen LogP contribution in [0.1, 0.15) is 25.2 Å². The highest BCUT2D eigenvalue weighted by Gasteiger charge is 2.23. The molecule has 1 N–H and O–H groups in total. The molecule has 1 rings (SSSR count). The standard InChI is InChI=1S/C12H18N4S/c1-5-14-12(4,7-13)8-17-11-15-9(2)6-10(3)16-11/h6,14H,5,8H2,1-4H3. The van der Waals surface area contributed by atoms with Crippen molar-refractivity contribution in [2.75, 3.05) is 12.3 Å². The Morgan fingerprint density at radius 3 is 2.47 bits per heavy atom. The van der Waals surface area contributed by atoms with Gasteiger partial charge >= 0.3 is 0 Å². The molecular weight excluding hydrogens is 232 g/mol. The molecule has 0 aliphatic rings. The zero-order valence-electron chi connectivity index (χ0n) is 10.7. The van der Waals surface area contributed by atoms with E-state index in [2.05, 4.69) is 21.4 Å². The summed E-state index contributed by atoms with van der Waals surface area (Å²) in [6.07, 6.45) is 0. The second kappa shape index (κ2) is 5.99. The molecule has 0 aromatic carbocycles. The summed E-state index contributed by atoms with van der Waals surface area (Å²) in [5, 5.41) is 13.0. The summed E-state index contributed by atoms with van der Waals surface area (Å²) in [4.78, 5) is 8.69. The highest BCUT2D eigenvalue weighted by Crippen LogP contribution is 2.19. The molecule has 1 atom stereocenters. The Kier molecular flexibility index (Phi) is 4.91. The molecule has 0 aliphatic carbocycles. The summed E-state index contributed by atoms with van der Waals surface area (Å²) in [5.74, 6) is 0.639. The van der Waals surface area contributed by atoms with Crippen LogP contribution in [0.3, 0.4) is 0 Å². The average molecular weight is 250 g/mol. The van der Waals surface area contributed by atoms with Gasteiger partial charge in [0.1, 0.15) is 5.54 Å². The Hall–Kier alpha value is -1.12. The maximum Gasteiger partial charge on any atom is 0.188 e. The van der Waals surface area contributed by atoms with Crippen LogP contribution in [0.25, 0.3) is 0 Å². The third-order valence-electron chi connectivity index (χ3n) is 2.27. The molecule has 0 bridgehead atoms. The zero-order chi connectivity index (χ0) is 12.9. The van der Waals surface area contributed by atoms with Gasteiger partial charge in [-0.25, -0.2) is 9.97 Å². The third-order valence-corrected chi connectivity index (χ3v) is 3.43. The van der Waals surface area contributed by atoms with Crippen molar-refractivity contribution >= 4 is 11.8 Å². The minimum absolute atomic E-state index is 0.527. The molecule has 0 fully saturated rings. The Bertz CT molecular complexity index is 407. The summed E-state index contributed by atoms with van der Waals surface area (Å²) < 4.78 is 0. The molecule has 1 aromatic rings. The number of thioether (sulfide) groups is 1. The number of rotatable bonds is 5. The number of aromatic nitrogens is 2. The maximum absolute atomic E-state index is 9.14. The van der Waals surface area contributed by atoms with E-state index in [1.165, 1.54) is 11.8 Å². The summed E-state index contributed by atoms with van der Waals surface area (Å²) in [6.45, 7) is 8.57. The number of aryl methyl sites for hydroxylation is 2. The lowest BCUT2D eigenvalue weighted by molar-refractivity contribution is 0.511. The SMILES string of the molecule is CCNC(C)(C#N)CSc1nc(C)cc(C)n1. The third kappa shape index (κ3) is 4.33. The van der Waals surface area contributed by atoms with Gasteiger partial charge in [0, 0.05) is 17.1 Å². The first-order valence-corrected chi connectivity index (χ1v) is 6.59. The molecule has 0 radical (unpaired) electrons. The molecule has 92 valence electrons. The first kappa shape index (κ1) is 13.9. The normalized spacial score (nSPS) is 14.1. The Balaban J connectivity index is 2.69. The van der Waals surface area contributed by atoms with Gasteiger partial charge in [0.2, 0.25) is 0 Å². The van der Waals surface area contributed by atoms with Gasteiger partial charge in [-0.3, -0.25) is 5.32 Å². The number of nitrogens with zero attached hydrogens (tertiary/aromatic N) is 3. The maximum atomic E-state index is 9.14. The van der Waals surface area contributed by atoms with E-state index in [9.17, 15) is 0 Å². The molecule has 4 nitrogen and oxygen atoms in total. The fourth-order valence-electron chi connectivity index (χ4n) is 1.48. The molecular formula is C12H18N4S. The van der Waals surface area contributed by atoms with E-state index < -0.39 is 5.54 Å². The van der Waals surface area contributed by atoms with Crippen LogP contribution < -0.4 is 5.32 Å². The largest absolute Gasteiger partial charge is 0.299 e. The first-order chi connectivity index (χ1) is 7.99. The number of nitrogens with one attached hydrogen (secondary N) is 1. The van der Waals surface area contributed by atoms with E-state index >= 15 is 0 Å². The van der Waals surface area contributed by atoms with Crippen LogP contribution in [0.4, 0.5) is 0 Å². The number of nitriles is 1. The summed E-state index contributed by atoms with van der Waals surface area (Å²) in [6, 6.07) is 4.23. The predicted molar refractivity (Wildman–Crippen MR) is 69.9 cm³/mol. The lowest BCUT2D eigenvalue weighted by Crippen LogP contribution is -2.43. The topological polar surface area (TPSA) is 61.6 Å². The minimum atomic E-state index is -0.527. The summed E-state index contributed by atoms with van der Waals surface area (Å²) in [5.41, 5.74) is 1.39. The van der Waals surface area contributed by atoms with Crippen LogP contribution in [0.5, 0.6) is 0 Å². The van der Waals surface area contributed by atoms with Crippen LogP contribution in [0.15, 0.2) is 11.2 Å². The van der Waals surface area contributed by atoms with E-state index in [0.29, 0.717) is 5.75 Å². The lowest BCUT2D eigenvalue weighted by atomic mass is 10.1. The highest BCUT2D eigenvalue weighted by atomic mass is 32.2. The van der Waals surface area contributed by atoms with E-state index in [4.69, 9.17) is 5.26 Å². The van der Waals surface area contributed by atoms with Gasteiger partial charge in [0.15, 0.2) is 5.16 Å². The zero-order valence-corrected chi connectivity index (χ0v) is 11.6. The van der Waals surface area contributed by atoms with Crippen molar-refractivity contribution in [1.29, 1.82) is 5.26 Å². The molecule has 5 heteroatoms. The monoisotopic (exact) mass is 250 g/mol.